The summed E-state index contributed by atoms with van der Waals surface area (Å²) in [5, 5.41) is 3.03. The van der Waals surface area contributed by atoms with Crippen molar-refractivity contribution in [3.05, 3.63) is 35.4 Å². The first kappa shape index (κ1) is 24.9. The molecule has 2 heterocycles. The van der Waals surface area contributed by atoms with Gasteiger partial charge in [0, 0.05) is 38.7 Å². The van der Waals surface area contributed by atoms with Gasteiger partial charge in [0.05, 0.1) is 5.75 Å². The Morgan fingerprint density at radius 1 is 1.12 bits per heavy atom. The summed E-state index contributed by atoms with van der Waals surface area (Å²) in [6, 6.07) is 7.33. The fraction of sp³-hybridized carbons (Fsp3) is 0.640. The minimum Gasteiger partial charge on any atom is -0.345 e. The second-order valence-corrected chi connectivity index (χ2v) is 12.1. The van der Waals surface area contributed by atoms with E-state index < -0.39 is 15.6 Å². The van der Waals surface area contributed by atoms with Gasteiger partial charge in [0.25, 0.3) is 11.8 Å². The molecule has 2 aliphatic heterocycles. The number of amides is 2. The van der Waals surface area contributed by atoms with Gasteiger partial charge >= 0.3 is 0 Å². The van der Waals surface area contributed by atoms with Crippen molar-refractivity contribution in [1.29, 1.82) is 0 Å². The van der Waals surface area contributed by atoms with E-state index in [1.807, 2.05) is 12.1 Å². The lowest BCUT2D eigenvalue weighted by Crippen LogP contribution is -2.50. The predicted molar refractivity (Wildman–Crippen MR) is 132 cm³/mol. The van der Waals surface area contributed by atoms with E-state index in [0.717, 1.165) is 24.2 Å². The van der Waals surface area contributed by atoms with Gasteiger partial charge in [-0.3, -0.25) is 14.6 Å². The Bertz CT molecular complexity index is 1040. The average molecular weight is 489 g/mol. The predicted octanol–water partition coefficient (Wildman–Crippen LogP) is 2.59. The first-order valence-corrected chi connectivity index (χ1v) is 14.0. The van der Waals surface area contributed by atoms with E-state index in [0.29, 0.717) is 50.3 Å². The Morgan fingerprint density at radius 3 is 2.38 bits per heavy atom. The molecule has 186 valence electrons. The number of hydrogen-bond donors (Lipinski definition) is 1. The minimum absolute atomic E-state index is 0.0526. The number of carbonyl (C=O) groups is 2. The summed E-state index contributed by atoms with van der Waals surface area (Å²) in [5.74, 6) is 1.14. The topological polar surface area (TPSA) is 99.2 Å². The molecule has 3 aliphatic rings. The lowest BCUT2D eigenvalue weighted by molar-refractivity contribution is -0.125. The van der Waals surface area contributed by atoms with Crippen LogP contribution in [-0.4, -0.2) is 73.7 Å². The molecule has 0 unspecified atom stereocenters. The van der Waals surface area contributed by atoms with Crippen LogP contribution in [0.5, 0.6) is 0 Å². The van der Waals surface area contributed by atoms with Crippen LogP contribution in [-0.2, 0) is 21.2 Å². The lowest BCUT2D eigenvalue weighted by atomic mass is 9.88. The Balaban J connectivity index is 1.29. The maximum absolute atomic E-state index is 12.9. The van der Waals surface area contributed by atoms with E-state index >= 15 is 0 Å². The molecular weight excluding hydrogens is 452 g/mol. The summed E-state index contributed by atoms with van der Waals surface area (Å²) in [6.07, 6.45) is 7.77. The fourth-order valence-electron chi connectivity index (χ4n) is 5.24. The Morgan fingerprint density at radius 2 is 1.76 bits per heavy atom. The summed E-state index contributed by atoms with van der Waals surface area (Å²) in [7, 11) is 0.0344. The van der Waals surface area contributed by atoms with Crippen molar-refractivity contribution < 1.29 is 18.0 Å². The van der Waals surface area contributed by atoms with Gasteiger partial charge in [0.1, 0.15) is 11.4 Å². The molecule has 1 aliphatic carbocycles. The molecule has 1 N–H and O–H groups in total. The highest BCUT2D eigenvalue weighted by atomic mass is 32.2. The monoisotopic (exact) mass is 488 g/mol. The summed E-state index contributed by atoms with van der Waals surface area (Å²) in [6.45, 7) is 0.664. The van der Waals surface area contributed by atoms with Gasteiger partial charge in [-0.05, 0) is 56.2 Å². The first-order chi connectivity index (χ1) is 16.2. The molecule has 8 nitrogen and oxygen atoms in total. The second kappa shape index (κ2) is 10.2. The van der Waals surface area contributed by atoms with Crippen LogP contribution in [0.2, 0.25) is 0 Å². The van der Waals surface area contributed by atoms with Crippen LogP contribution in [0.1, 0.15) is 67.3 Å². The lowest BCUT2D eigenvalue weighted by Gasteiger charge is -2.34. The molecule has 1 saturated heterocycles. The quantitative estimate of drug-likeness (QED) is 0.638. The molecule has 1 saturated carbocycles. The van der Waals surface area contributed by atoms with Crippen molar-refractivity contribution in [2.45, 2.75) is 63.3 Å². The number of carbonyl (C=O) groups excluding carboxylic acids is 2. The van der Waals surface area contributed by atoms with Crippen LogP contribution in [0, 0.1) is 5.92 Å². The van der Waals surface area contributed by atoms with Crippen molar-refractivity contribution in [3.8, 4) is 0 Å². The van der Waals surface area contributed by atoms with Gasteiger partial charge < -0.3 is 10.2 Å². The van der Waals surface area contributed by atoms with E-state index in [4.69, 9.17) is 4.99 Å². The number of aryl methyl sites for hydroxylation is 1. The Hall–Kier alpha value is -2.26. The maximum Gasteiger partial charge on any atom is 0.253 e. The largest absolute Gasteiger partial charge is 0.345 e. The zero-order chi connectivity index (χ0) is 24.3. The SMILES string of the molecule is CN(C)C(=O)c1ccc(CCCS(=O)(=O)N2CCC3(CC2)N=C(C2CCCCC2)NC3=O)cc1. The molecule has 2 amide bonds. The third kappa shape index (κ3) is 5.35. The van der Waals surface area contributed by atoms with Crippen LogP contribution >= 0.6 is 0 Å². The number of piperidine rings is 1. The number of nitrogens with one attached hydrogen (secondary N) is 1. The first-order valence-electron chi connectivity index (χ1n) is 12.4. The molecule has 0 atom stereocenters. The molecule has 0 bridgehead atoms. The number of sulfonamides is 1. The second-order valence-electron chi connectivity index (χ2n) is 10.0. The zero-order valence-electron chi connectivity index (χ0n) is 20.3. The summed E-state index contributed by atoms with van der Waals surface area (Å²) in [4.78, 5) is 31.1. The van der Waals surface area contributed by atoms with E-state index in [2.05, 4.69) is 5.32 Å². The number of hydrogen-bond acceptors (Lipinski definition) is 5. The third-order valence-electron chi connectivity index (χ3n) is 7.41. The van der Waals surface area contributed by atoms with Crippen LogP contribution in [0.3, 0.4) is 0 Å². The van der Waals surface area contributed by atoms with Gasteiger partial charge in [-0.1, -0.05) is 31.4 Å². The van der Waals surface area contributed by atoms with Gasteiger partial charge in [-0.25, -0.2) is 12.7 Å². The van der Waals surface area contributed by atoms with E-state index in [1.54, 1.807) is 26.2 Å². The number of rotatable bonds is 7. The molecule has 1 aromatic carbocycles. The maximum atomic E-state index is 12.9. The molecule has 2 fully saturated rings. The zero-order valence-corrected chi connectivity index (χ0v) is 21.1. The molecular formula is C25H36N4O4S. The Labute approximate surface area is 202 Å². The van der Waals surface area contributed by atoms with E-state index in [-0.39, 0.29) is 17.6 Å². The molecule has 34 heavy (non-hydrogen) atoms. The standard InChI is InChI=1S/C25H36N4O4S/c1-28(2)23(30)21-12-10-19(11-13-21)7-6-18-34(32,33)29-16-14-25(15-17-29)24(31)26-22(27-25)20-8-4-3-5-9-20/h10-13,20H,3-9,14-18H2,1-2H3,(H,26,27,31). The molecule has 1 spiro atoms. The number of amidine groups is 1. The highest BCUT2D eigenvalue weighted by Crippen LogP contribution is 2.34. The van der Waals surface area contributed by atoms with Gasteiger partial charge in [0.2, 0.25) is 10.0 Å². The minimum atomic E-state index is -3.39. The number of nitrogens with zero attached hydrogens (tertiary/aromatic N) is 3. The van der Waals surface area contributed by atoms with Crippen molar-refractivity contribution in [1.82, 2.24) is 14.5 Å². The fourth-order valence-corrected chi connectivity index (χ4v) is 6.75. The van der Waals surface area contributed by atoms with E-state index in [1.165, 1.54) is 28.5 Å². The molecule has 9 heteroatoms. The van der Waals surface area contributed by atoms with Crippen LogP contribution < -0.4 is 5.32 Å². The third-order valence-corrected chi connectivity index (χ3v) is 9.36. The van der Waals surface area contributed by atoms with Gasteiger partial charge in [0.15, 0.2) is 0 Å². The smallest absolute Gasteiger partial charge is 0.253 e. The number of benzene rings is 1. The van der Waals surface area contributed by atoms with Gasteiger partial charge in [-0.15, -0.1) is 0 Å². The van der Waals surface area contributed by atoms with Crippen molar-refractivity contribution >= 4 is 27.7 Å². The summed E-state index contributed by atoms with van der Waals surface area (Å²) < 4.78 is 27.4. The molecule has 0 radical (unpaired) electrons. The highest BCUT2D eigenvalue weighted by molar-refractivity contribution is 7.89. The van der Waals surface area contributed by atoms with Crippen LogP contribution in [0.15, 0.2) is 29.3 Å². The molecule has 4 rings (SSSR count). The summed E-state index contributed by atoms with van der Waals surface area (Å²) >= 11 is 0. The van der Waals surface area contributed by atoms with Crippen molar-refractivity contribution in [2.75, 3.05) is 32.9 Å². The van der Waals surface area contributed by atoms with Crippen molar-refractivity contribution in [2.24, 2.45) is 10.9 Å². The highest BCUT2D eigenvalue weighted by Gasteiger charge is 2.48. The molecule has 1 aromatic rings. The van der Waals surface area contributed by atoms with Crippen molar-refractivity contribution in [3.63, 3.8) is 0 Å². The normalized spacial score (nSPS) is 21.4. The molecule has 0 aromatic heterocycles. The summed E-state index contributed by atoms with van der Waals surface area (Å²) in [5.41, 5.74) is 0.842. The van der Waals surface area contributed by atoms with Gasteiger partial charge in [-0.2, -0.15) is 0 Å². The van der Waals surface area contributed by atoms with Crippen LogP contribution in [0.4, 0.5) is 0 Å². The number of aliphatic imine (C=N–C) groups is 1. The van der Waals surface area contributed by atoms with Crippen LogP contribution in [0.25, 0.3) is 0 Å². The van der Waals surface area contributed by atoms with E-state index in [9.17, 15) is 18.0 Å². The Kier molecular flexibility index (Phi) is 7.42. The average Bonchev–Trinajstić information content (AvgIpc) is 3.15.